The number of hydrogen-bond donors (Lipinski definition) is 2. The van der Waals surface area contributed by atoms with E-state index in [2.05, 4.69) is 25.9 Å². The second-order valence-electron chi connectivity index (χ2n) is 4.27. The summed E-state index contributed by atoms with van der Waals surface area (Å²) in [5.41, 5.74) is 1.57. The summed E-state index contributed by atoms with van der Waals surface area (Å²) in [5.74, 6) is 0.134. The molecule has 0 bridgehead atoms. The van der Waals surface area contributed by atoms with Gasteiger partial charge >= 0.3 is 0 Å². The highest BCUT2D eigenvalue weighted by Crippen LogP contribution is 2.26. The van der Waals surface area contributed by atoms with E-state index in [0.717, 1.165) is 5.56 Å². The van der Waals surface area contributed by atoms with Gasteiger partial charge in [0, 0.05) is 5.56 Å². The lowest BCUT2D eigenvalue weighted by Crippen LogP contribution is -2.10. The zero-order valence-electron chi connectivity index (χ0n) is 8.65. The molecule has 76 valence electrons. The molecule has 3 nitrogen and oxygen atoms in total. The highest BCUT2D eigenvalue weighted by Gasteiger charge is 2.14. The minimum Gasteiger partial charge on any atom is -0.507 e. The highest BCUT2D eigenvalue weighted by molar-refractivity contribution is 5.83. The summed E-state index contributed by atoms with van der Waals surface area (Å²) in [4.78, 5) is 0. The van der Waals surface area contributed by atoms with Crippen molar-refractivity contribution < 1.29 is 10.3 Å². The molecule has 14 heavy (non-hydrogen) atoms. The fourth-order valence-corrected chi connectivity index (χ4v) is 1.18. The molecule has 0 radical (unpaired) electrons. The summed E-state index contributed by atoms with van der Waals surface area (Å²) in [7, 11) is 0. The molecule has 0 aliphatic carbocycles. The first-order valence-corrected chi connectivity index (χ1v) is 4.46. The molecular formula is C11H15NO2. The molecule has 0 aromatic heterocycles. The Bertz CT molecular complexity index is 351. The van der Waals surface area contributed by atoms with E-state index in [1.807, 2.05) is 6.07 Å². The first-order chi connectivity index (χ1) is 6.45. The fourth-order valence-electron chi connectivity index (χ4n) is 1.18. The van der Waals surface area contributed by atoms with Gasteiger partial charge in [-0.15, -0.1) is 0 Å². The van der Waals surface area contributed by atoms with Gasteiger partial charge in [0.15, 0.2) is 0 Å². The van der Waals surface area contributed by atoms with E-state index in [0.29, 0.717) is 5.56 Å². The van der Waals surface area contributed by atoms with E-state index in [9.17, 15) is 5.11 Å². The third-order valence-electron chi connectivity index (χ3n) is 2.09. The highest BCUT2D eigenvalue weighted by atomic mass is 16.4. The van der Waals surface area contributed by atoms with Crippen LogP contribution in [0.3, 0.4) is 0 Å². The van der Waals surface area contributed by atoms with Crippen molar-refractivity contribution in [3.63, 3.8) is 0 Å². The van der Waals surface area contributed by atoms with Crippen molar-refractivity contribution in [3.05, 3.63) is 29.3 Å². The normalized spacial score (nSPS) is 12.2. The molecule has 0 amide bonds. The van der Waals surface area contributed by atoms with Gasteiger partial charge in [-0.25, -0.2) is 0 Å². The van der Waals surface area contributed by atoms with Crippen molar-refractivity contribution in [2.24, 2.45) is 5.16 Å². The summed E-state index contributed by atoms with van der Waals surface area (Å²) in [5, 5.41) is 20.8. The van der Waals surface area contributed by atoms with Gasteiger partial charge < -0.3 is 10.3 Å². The molecule has 0 atom stereocenters. The fraction of sp³-hybridized carbons (Fsp3) is 0.364. The molecule has 1 rings (SSSR count). The lowest BCUT2D eigenvalue weighted by atomic mass is 9.86. The summed E-state index contributed by atoms with van der Waals surface area (Å²) in [6.45, 7) is 6.21. The third kappa shape index (κ3) is 2.25. The van der Waals surface area contributed by atoms with E-state index in [4.69, 9.17) is 5.21 Å². The van der Waals surface area contributed by atoms with Crippen LogP contribution in [-0.4, -0.2) is 16.5 Å². The van der Waals surface area contributed by atoms with Crippen molar-refractivity contribution in [1.82, 2.24) is 0 Å². The van der Waals surface area contributed by atoms with Gasteiger partial charge in [-0.2, -0.15) is 0 Å². The Kier molecular flexibility index (Phi) is 2.79. The molecule has 0 heterocycles. The molecule has 0 unspecified atom stereocenters. The molecule has 2 N–H and O–H groups in total. The van der Waals surface area contributed by atoms with Crippen LogP contribution in [0, 0.1) is 0 Å². The Labute approximate surface area is 83.7 Å². The summed E-state index contributed by atoms with van der Waals surface area (Å²) in [6.07, 6.45) is 1.21. The second kappa shape index (κ2) is 3.70. The van der Waals surface area contributed by atoms with Gasteiger partial charge in [-0.3, -0.25) is 0 Å². The van der Waals surface area contributed by atoms with Gasteiger partial charge in [0.05, 0.1) is 6.21 Å². The van der Waals surface area contributed by atoms with Crippen LogP contribution in [0.15, 0.2) is 23.4 Å². The minimum atomic E-state index is 0.00632. The predicted octanol–water partition coefficient (Wildman–Crippen LogP) is 2.50. The summed E-state index contributed by atoms with van der Waals surface area (Å²) >= 11 is 0. The van der Waals surface area contributed by atoms with Gasteiger partial charge in [-0.05, 0) is 23.1 Å². The number of hydrogen-bond acceptors (Lipinski definition) is 3. The van der Waals surface area contributed by atoms with E-state index in [-0.39, 0.29) is 11.2 Å². The van der Waals surface area contributed by atoms with E-state index >= 15 is 0 Å². The van der Waals surface area contributed by atoms with Crippen LogP contribution in [0.25, 0.3) is 0 Å². The monoisotopic (exact) mass is 193 g/mol. The molecule has 0 fully saturated rings. The average Bonchev–Trinajstić information content (AvgIpc) is 2.07. The number of benzene rings is 1. The van der Waals surface area contributed by atoms with Crippen molar-refractivity contribution in [3.8, 4) is 5.75 Å². The van der Waals surface area contributed by atoms with Gasteiger partial charge in [0.2, 0.25) is 0 Å². The summed E-state index contributed by atoms with van der Waals surface area (Å²) in [6, 6.07) is 5.34. The lowest BCUT2D eigenvalue weighted by molar-refractivity contribution is 0.321. The smallest absolute Gasteiger partial charge is 0.124 e. The Balaban J connectivity index is 3.13. The standard InChI is InChI=1S/C11H15NO2/c1-11(2,3)9-5-4-8(7-12-14)10(13)6-9/h4-7,13-14H,1-3H3/b12-7+. The van der Waals surface area contributed by atoms with Crippen LogP contribution in [0.4, 0.5) is 0 Å². The van der Waals surface area contributed by atoms with E-state index < -0.39 is 0 Å². The van der Waals surface area contributed by atoms with Crippen molar-refractivity contribution in [2.45, 2.75) is 26.2 Å². The number of phenols is 1. The SMILES string of the molecule is CC(C)(C)c1ccc(/C=N/O)c(O)c1. The van der Waals surface area contributed by atoms with E-state index in [1.54, 1.807) is 12.1 Å². The quantitative estimate of drug-likeness (QED) is 0.409. The number of phenolic OH excluding ortho intramolecular Hbond substituents is 1. The maximum absolute atomic E-state index is 9.58. The largest absolute Gasteiger partial charge is 0.507 e. The Morgan fingerprint density at radius 3 is 2.36 bits per heavy atom. The predicted molar refractivity (Wildman–Crippen MR) is 56.2 cm³/mol. The van der Waals surface area contributed by atoms with Crippen LogP contribution >= 0.6 is 0 Å². The number of nitrogens with zero attached hydrogens (tertiary/aromatic N) is 1. The second-order valence-corrected chi connectivity index (χ2v) is 4.27. The zero-order valence-corrected chi connectivity index (χ0v) is 8.65. The van der Waals surface area contributed by atoms with Crippen molar-refractivity contribution in [1.29, 1.82) is 0 Å². The molecule has 1 aromatic rings. The average molecular weight is 193 g/mol. The van der Waals surface area contributed by atoms with Crippen LogP contribution in [0.2, 0.25) is 0 Å². The van der Waals surface area contributed by atoms with Crippen LogP contribution in [0.5, 0.6) is 5.75 Å². The number of oxime groups is 1. The first-order valence-electron chi connectivity index (χ1n) is 4.46. The maximum Gasteiger partial charge on any atom is 0.124 e. The number of aromatic hydroxyl groups is 1. The summed E-state index contributed by atoms with van der Waals surface area (Å²) < 4.78 is 0. The Morgan fingerprint density at radius 2 is 1.93 bits per heavy atom. The molecular weight excluding hydrogens is 178 g/mol. The molecule has 1 aromatic carbocycles. The van der Waals surface area contributed by atoms with Gasteiger partial charge in [0.25, 0.3) is 0 Å². The van der Waals surface area contributed by atoms with Crippen LogP contribution in [0.1, 0.15) is 31.9 Å². The maximum atomic E-state index is 9.58. The number of rotatable bonds is 1. The van der Waals surface area contributed by atoms with Crippen molar-refractivity contribution >= 4 is 6.21 Å². The Hall–Kier alpha value is -1.51. The molecule has 3 heteroatoms. The first kappa shape index (κ1) is 10.6. The molecule has 0 aliphatic heterocycles. The topological polar surface area (TPSA) is 52.8 Å². The minimum absolute atomic E-state index is 0.00632. The molecule has 0 saturated heterocycles. The van der Waals surface area contributed by atoms with Gasteiger partial charge in [-0.1, -0.05) is 32.0 Å². The van der Waals surface area contributed by atoms with E-state index in [1.165, 1.54) is 6.21 Å². The third-order valence-corrected chi connectivity index (χ3v) is 2.09. The molecule has 0 saturated carbocycles. The Morgan fingerprint density at radius 1 is 1.29 bits per heavy atom. The van der Waals surface area contributed by atoms with Crippen LogP contribution < -0.4 is 0 Å². The lowest BCUT2D eigenvalue weighted by Gasteiger charge is -2.19. The van der Waals surface area contributed by atoms with Gasteiger partial charge in [0.1, 0.15) is 5.75 Å². The molecule has 0 aliphatic rings. The molecule has 0 spiro atoms. The van der Waals surface area contributed by atoms with Crippen molar-refractivity contribution in [2.75, 3.05) is 0 Å². The van der Waals surface area contributed by atoms with Crippen LogP contribution in [-0.2, 0) is 5.41 Å². The zero-order chi connectivity index (χ0) is 10.8.